The zero-order valence-electron chi connectivity index (χ0n) is 18.3. The van der Waals surface area contributed by atoms with Gasteiger partial charge in [0, 0.05) is 6.07 Å². The van der Waals surface area contributed by atoms with Crippen LogP contribution in [0.15, 0.2) is 16.9 Å². The van der Waals surface area contributed by atoms with E-state index in [0.717, 1.165) is 0 Å². The Morgan fingerprint density at radius 1 is 1.33 bits per heavy atom. The molecule has 30 heavy (non-hydrogen) atoms. The number of benzene rings is 1. The molecule has 2 N–H and O–H groups in total. The van der Waals surface area contributed by atoms with Crippen molar-refractivity contribution in [2.24, 2.45) is 5.92 Å². The Bertz CT molecular complexity index is 1010. The number of carbonyl (C=O) groups excluding carboxylic acids is 1. The van der Waals surface area contributed by atoms with Gasteiger partial charge in [-0.15, -0.1) is 0 Å². The molecule has 162 valence electrons. The zero-order valence-corrected chi connectivity index (χ0v) is 18.3. The van der Waals surface area contributed by atoms with Crippen molar-refractivity contribution in [1.82, 2.24) is 20.2 Å². The predicted molar refractivity (Wildman–Crippen MR) is 113 cm³/mol. The quantitative estimate of drug-likeness (QED) is 0.641. The third kappa shape index (κ3) is 5.07. The normalized spacial score (nSPS) is 13.2. The molecule has 0 bridgehead atoms. The number of fused-ring (bicyclic) bond motifs is 1. The van der Waals surface area contributed by atoms with Crippen LogP contribution in [0.4, 0.5) is 0 Å². The second-order valence-electron chi connectivity index (χ2n) is 7.56. The Hall–Kier alpha value is -3.12. The van der Waals surface area contributed by atoms with E-state index in [1.54, 1.807) is 19.1 Å². The van der Waals surface area contributed by atoms with Gasteiger partial charge in [0.1, 0.15) is 11.4 Å². The molecule has 0 aliphatic carbocycles. The molecule has 0 saturated heterocycles. The Morgan fingerprint density at radius 3 is 2.50 bits per heavy atom. The predicted octanol–water partition coefficient (Wildman–Crippen LogP) is 1.82. The first-order valence-electron chi connectivity index (χ1n) is 9.76. The number of ether oxygens (including phenoxy) is 2. The fourth-order valence-electron chi connectivity index (χ4n) is 2.91. The monoisotopic (exact) mass is 415 g/mol. The maximum Gasteiger partial charge on any atom is 0.258 e. The van der Waals surface area contributed by atoms with Crippen LogP contribution < -0.4 is 20.3 Å². The number of rotatable bonds is 9. The number of aromatic nitrogens is 2. The molecular weight excluding hydrogens is 386 g/mol. The van der Waals surface area contributed by atoms with Crippen molar-refractivity contribution in [3.8, 4) is 17.6 Å². The summed E-state index contributed by atoms with van der Waals surface area (Å²) in [5, 5.41) is 12.6. The summed E-state index contributed by atoms with van der Waals surface area (Å²) in [7, 11) is 3.02. The van der Waals surface area contributed by atoms with Crippen LogP contribution in [0.3, 0.4) is 0 Å². The van der Waals surface area contributed by atoms with Crippen LogP contribution in [-0.2, 0) is 11.3 Å². The number of amides is 1. The first-order valence-corrected chi connectivity index (χ1v) is 9.76. The summed E-state index contributed by atoms with van der Waals surface area (Å²) < 4.78 is 10.5. The summed E-state index contributed by atoms with van der Waals surface area (Å²) in [6, 6.07) is 5.40. The van der Waals surface area contributed by atoms with E-state index < -0.39 is 5.54 Å². The highest BCUT2D eigenvalue weighted by atomic mass is 16.5. The smallest absolute Gasteiger partial charge is 0.258 e. The first kappa shape index (κ1) is 23.2. The maximum absolute atomic E-state index is 12.5. The van der Waals surface area contributed by atoms with Crippen LogP contribution in [-0.4, -0.2) is 53.6 Å². The lowest BCUT2D eigenvalue weighted by Gasteiger charge is -2.29. The highest BCUT2D eigenvalue weighted by Gasteiger charge is 2.30. The lowest BCUT2D eigenvalue weighted by molar-refractivity contribution is -0.124. The van der Waals surface area contributed by atoms with E-state index >= 15 is 0 Å². The average Bonchev–Trinajstić information content (AvgIpc) is 2.71. The number of methoxy groups -OCH3 is 2. The molecular formula is C21H29N5O4. The van der Waals surface area contributed by atoms with Crippen molar-refractivity contribution in [1.29, 1.82) is 5.26 Å². The SMILES string of the molecule is CCN(CC(=O)N[C@](C)(C#N)C(C)C)Cc1nc2cc(OC)c(OC)cc2c(=O)[nH]1. The minimum atomic E-state index is -0.943. The topological polar surface area (TPSA) is 120 Å². The summed E-state index contributed by atoms with van der Waals surface area (Å²) in [6.07, 6.45) is 0. The molecule has 9 nitrogen and oxygen atoms in total. The van der Waals surface area contributed by atoms with Crippen LogP contribution in [0.5, 0.6) is 11.5 Å². The van der Waals surface area contributed by atoms with Gasteiger partial charge in [0.15, 0.2) is 11.5 Å². The largest absolute Gasteiger partial charge is 0.493 e. The third-order valence-corrected chi connectivity index (χ3v) is 5.23. The molecule has 0 radical (unpaired) electrons. The Labute approximate surface area is 176 Å². The fourth-order valence-corrected chi connectivity index (χ4v) is 2.91. The van der Waals surface area contributed by atoms with Crippen molar-refractivity contribution in [3.63, 3.8) is 0 Å². The molecule has 0 saturated carbocycles. The van der Waals surface area contributed by atoms with Crippen LogP contribution >= 0.6 is 0 Å². The number of nitrogens with one attached hydrogen (secondary N) is 2. The highest BCUT2D eigenvalue weighted by Crippen LogP contribution is 2.29. The minimum absolute atomic E-state index is 0.0352. The Kier molecular flexibility index (Phi) is 7.40. The molecule has 0 fully saturated rings. The second-order valence-corrected chi connectivity index (χ2v) is 7.56. The van der Waals surface area contributed by atoms with Gasteiger partial charge in [0.2, 0.25) is 5.91 Å². The van der Waals surface area contributed by atoms with Crippen molar-refractivity contribution >= 4 is 16.8 Å². The summed E-state index contributed by atoms with van der Waals surface area (Å²) >= 11 is 0. The standard InChI is InChI=1S/C21H29N5O4/c1-7-26(11-19(27)25-21(4,12-22)13(2)3)10-18-23-15-9-17(30-6)16(29-5)8-14(15)20(28)24-18/h8-9,13H,7,10-11H2,1-6H3,(H,25,27)(H,23,24,28)/t21-/m1/s1. The Morgan fingerprint density at radius 2 is 1.97 bits per heavy atom. The lowest BCUT2D eigenvalue weighted by Crippen LogP contribution is -2.51. The molecule has 1 aromatic carbocycles. The van der Waals surface area contributed by atoms with E-state index in [4.69, 9.17) is 9.47 Å². The van der Waals surface area contributed by atoms with Crippen LogP contribution in [0.25, 0.3) is 10.9 Å². The average molecular weight is 415 g/mol. The number of hydrogen-bond donors (Lipinski definition) is 2. The molecule has 1 heterocycles. The van der Waals surface area contributed by atoms with Crippen LogP contribution in [0.2, 0.25) is 0 Å². The van der Waals surface area contributed by atoms with Gasteiger partial charge in [-0.05, 0) is 25.5 Å². The third-order valence-electron chi connectivity index (χ3n) is 5.23. The van der Waals surface area contributed by atoms with Gasteiger partial charge in [0.25, 0.3) is 5.56 Å². The molecule has 0 aliphatic heterocycles. The lowest BCUT2D eigenvalue weighted by atomic mass is 9.90. The van der Waals surface area contributed by atoms with Gasteiger partial charge < -0.3 is 19.8 Å². The first-order chi connectivity index (χ1) is 14.2. The summed E-state index contributed by atoms with van der Waals surface area (Å²) in [6.45, 7) is 8.29. The molecule has 1 amide bonds. The molecule has 2 aromatic rings. The molecule has 0 aliphatic rings. The second kappa shape index (κ2) is 9.59. The number of nitriles is 1. The summed E-state index contributed by atoms with van der Waals surface area (Å²) in [5.74, 6) is 1.06. The fraction of sp³-hybridized carbons (Fsp3) is 0.524. The number of carbonyl (C=O) groups is 1. The van der Waals surface area contributed by atoms with Crippen molar-refractivity contribution in [2.45, 2.75) is 39.8 Å². The van der Waals surface area contributed by atoms with Gasteiger partial charge >= 0.3 is 0 Å². The highest BCUT2D eigenvalue weighted by molar-refractivity contribution is 5.82. The van der Waals surface area contributed by atoms with E-state index in [1.165, 1.54) is 14.2 Å². The van der Waals surface area contributed by atoms with E-state index in [0.29, 0.717) is 34.8 Å². The molecule has 1 atom stereocenters. The number of likely N-dealkylation sites (N-methyl/N-ethyl adjacent to an activating group) is 1. The van der Waals surface area contributed by atoms with Gasteiger partial charge in [-0.2, -0.15) is 5.26 Å². The number of H-pyrrole nitrogens is 1. The number of nitrogens with zero attached hydrogens (tertiary/aromatic N) is 3. The van der Waals surface area contributed by atoms with Crippen LogP contribution in [0.1, 0.15) is 33.5 Å². The van der Waals surface area contributed by atoms with Crippen molar-refractivity contribution in [2.75, 3.05) is 27.3 Å². The number of hydrogen-bond acceptors (Lipinski definition) is 7. The minimum Gasteiger partial charge on any atom is -0.493 e. The van der Waals surface area contributed by atoms with Gasteiger partial charge in [-0.1, -0.05) is 20.8 Å². The number of aromatic amines is 1. The van der Waals surface area contributed by atoms with E-state index in [2.05, 4.69) is 21.4 Å². The van der Waals surface area contributed by atoms with Gasteiger partial charge in [0.05, 0.1) is 44.3 Å². The van der Waals surface area contributed by atoms with Crippen molar-refractivity contribution in [3.05, 3.63) is 28.3 Å². The van der Waals surface area contributed by atoms with E-state index in [-0.39, 0.29) is 30.5 Å². The summed E-state index contributed by atoms with van der Waals surface area (Å²) in [4.78, 5) is 34.1. The van der Waals surface area contributed by atoms with Gasteiger partial charge in [-0.3, -0.25) is 14.5 Å². The van der Waals surface area contributed by atoms with E-state index in [1.807, 2.05) is 25.7 Å². The Balaban J connectivity index is 2.24. The van der Waals surface area contributed by atoms with Gasteiger partial charge in [-0.25, -0.2) is 4.98 Å². The zero-order chi connectivity index (χ0) is 22.5. The molecule has 2 rings (SSSR count). The summed E-state index contributed by atoms with van der Waals surface area (Å²) in [5.41, 5.74) is -0.765. The van der Waals surface area contributed by atoms with E-state index in [9.17, 15) is 14.9 Å². The van der Waals surface area contributed by atoms with Crippen LogP contribution in [0, 0.1) is 17.2 Å². The maximum atomic E-state index is 12.5. The molecule has 9 heteroatoms. The molecule has 0 unspecified atom stereocenters. The molecule has 0 spiro atoms. The van der Waals surface area contributed by atoms with Crippen molar-refractivity contribution < 1.29 is 14.3 Å². The molecule has 1 aromatic heterocycles.